The second-order valence-corrected chi connectivity index (χ2v) is 2.53. The maximum absolute atomic E-state index is 10.9. The lowest BCUT2D eigenvalue weighted by Gasteiger charge is -1.96. The molecule has 1 nitrogen and oxygen atoms in total. The fourth-order valence-electron chi connectivity index (χ4n) is 1.09. The third-order valence-corrected chi connectivity index (χ3v) is 1.70. The molecular formula is C9H12O. The van der Waals surface area contributed by atoms with Crippen molar-refractivity contribution in [2.24, 2.45) is 0 Å². The summed E-state index contributed by atoms with van der Waals surface area (Å²) in [6, 6.07) is 0. The standard InChI is InChI=1S/C9H12O/c1-8(10)9-6-4-2-3-5-7-9/h2-3,6H,4-5,7H2,1H3. The number of ketones is 1. The van der Waals surface area contributed by atoms with Gasteiger partial charge in [-0.1, -0.05) is 18.2 Å². The van der Waals surface area contributed by atoms with E-state index in [0.717, 1.165) is 24.8 Å². The van der Waals surface area contributed by atoms with E-state index in [-0.39, 0.29) is 5.78 Å². The second-order valence-electron chi connectivity index (χ2n) is 2.53. The highest BCUT2D eigenvalue weighted by Crippen LogP contribution is 2.12. The summed E-state index contributed by atoms with van der Waals surface area (Å²) in [4.78, 5) is 10.9. The van der Waals surface area contributed by atoms with Gasteiger partial charge in [-0.3, -0.25) is 4.79 Å². The normalized spacial score (nSPS) is 17.9. The third-order valence-electron chi connectivity index (χ3n) is 1.70. The molecule has 0 atom stereocenters. The minimum Gasteiger partial charge on any atom is -0.295 e. The minimum absolute atomic E-state index is 0.226. The fourth-order valence-corrected chi connectivity index (χ4v) is 1.09. The van der Waals surface area contributed by atoms with Crippen molar-refractivity contribution in [1.29, 1.82) is 0 Å². The molecule has 1 heteroatoms. The summed E-state index contributed by atoms with van der Waals surface area (Å²) >= 11 is 0. The molecule has 0 radical (unpaired) electrons. The van der Waals surface area contributed by atoms with Crippen molar-refractivity contribution >= 4 is 5.78 Å². The number of hydrogen-bond donors (Lipinski definition) is 0. The molecule has 0 aromatic rings. The van der Waals surface area contributed by atoms with Gasteiger partial charge in [0.15, 0.2) is 5.78 Å². The number of Topliss-reactive ketones (excluding diaryl/α,β-unsaturated/α-hetero) is 1. The second kappa shape index (κ2) is 3.35. The van der Waals surface area contributed by atoms with Crippen molar-refractivity contribution in [3.63, 3.8) is 0 Å². The Kier molecular flexibility index (Phi) is 2.43. The molecule has 0 heterocycles. The fraction of sp³-hybridized carbons (Fsp3) is 0.444. The van der Waals surface area contributed by atoms with Crippen molar-refractivity contribution in [3.8, 4) is 0 Å². The van der Waals surface area contributed by atoms with Crippen LogP contribution in [-0.4, -0.2) is 5.78 Å². The number of carbonyl (C=O) groups excluding carboxylic acids is 1. The first-order valence-corrected chi connectivity index (χ1v) is 3.65. The molecule has 0 fully saturated rings. The van der Waals surface area contributed by atoms with Crippen molar-refractivity contribution in [2.75, 3.05) is 0 Å². The Morgan fingerprint density at radius 1 is 1.50 bits per heavy atom. The van der Waals surface area contributed by atoms with E-state index in [2.05, 4.69) is 12.2 Å². The third kappa shape index (κ3) is 1.83. The van der Waals surface area contributed by atoms with Gasteiger partial charge in [0.2, 0.25) is 0 Å². The zero-order chi connectivity index (χ0) is 7.40. The quantitative estimate of drug-likeness (QED) is 0.505. The van der Waals surface area contributed by atoms with Crippen LogP contribution in [0.5, 0.6) is 0 Å². The van der Waals surface area contributed by atoms with Crippen LogP contribution >= 0.6 is 0 Å². The molecule has 1 aliphatic rings. The molecule has 0 bridgehead atoms. The van der Waals surface area contributed by atoms with Crippen LogP contribution in [0.15, 0.2) is 23.8 Å². The molecule has 10 heavy (non-hydrogen) atoms. The molecule has 1 aliphatic carbocycles. The van der Waals surface area contributed by atoms with Gasteiger partial charge in [-0.25, -0.2) is 0 Å². The Morgan fingerprint density at radius 2 is 2.30 bits per heavy atom. The van der Waals surface area contributed by atoms with Crippen LogP contribution in [0.1, 0.15) is 26.2 Å². The average molecular weight is 136 g/mol. The predicted octanol–water partition coefficient (Wildman–Crippen LogP) is 2.24. The first-order chi connectivity index (χ1) is 4.80. The highest BCUT2D eigenvalue weighted by Gasteiger charge is 2.02. The Bertz CT molecular complexity index is 187. The van der Waals surface area contributed by atoms with E-state index in [9.17, 15) is 4.79 Å². The molecule has 0 saturated carbocycles. The van der Waals surface area contributed by atoms with Gasteiger partial charge in [0.05, 0.1) is 0 Å². The minimum atomic E-state index is 0.226. The molecule has 0 spiro atoms. The van der Waals surface area contributed by atoms with Gasteiger partial charge in [-0.05, 0) is 31.8 Å². The summed E-state index contributed by atoms with van der Waals surface area (Å²) in [6.45, 7) is 1.64. The van der Waals surface area contributed by atoms with Gasteiger partial charge in [0, 0.05) is 0 Å². The zero-order valence-corrected chi connectivity index (χ0v) is 6.26. The summed E-state index contributed by atoms with van der Waals surface area (Å²) in [6.07, 6.45) is 9.13. The maximum Gasteiger partial charge on any atom is 0.155 e. The Labute approximate surface area is 61.4 Å². The molecule has 0 amide bonds. The van der Waals surface area contributed by atoms with Gasteiger partial charge in [-0.15, -0.1) is 0 Å². The predicted molar refractivity (Wildman–Crippen MR) is 41.8 cm³/mol. The van der Waals surface area contributed by atoms with Crippen LogP contribution < -0.4 is 0 Å². The largest absolute Gasteiger partial charge is 0.295 e. The Hall–Kier alpha value is -0.850. The molecule has 54 valence electrons. The number of rotatable bonds is 1. The van der Waals surface area contributed by atoms with Crippen molar-refractivity contribution in [1.82, 2.24) is 0 Å². The van der Waals surface area contributed by atoms with Crippen molar-refractivity contribution in [2.45, 2.75) is 26.2 Å². The van der Waals surface area contributed by atoms with Crippen LogP contribution in [0.4, 0.5) is 0 Å². The van der Waals surface area contributed by atoms with Crippen LogP contribution in [-0.2, 0) is 4.79 Å². The maximum atomic E-state index is 10.9. The lowest BCUT2D eigenvalue weighted by molar-refractivity contribution is -0.113. The smallest absolute Gasteiger partial charge is 0.155 e. The van der Waals surface area contributed by atoms with Crippen LogP contribution in [0.3, 0.4) is 0 Å². The lowest BCUT2D eigenvalue weighted by atomic mass is 10.1. The summed E-state index contributed by atoms with van der Waals surface area (Å²) in [5.74, 6) is 0.226. The van der Waals surface area contributed by atoms with Crippen molar-refractivity contribution in [3.05, 3.63) is 23.8 Å². The highest BCUT2D eigenvalue weighted by molar-refractivity contribution is 5.93. The van der Waals surface area contributed by atoms with Crippen molar-refractivity contribution < 1.29 is 4.79 Å². The van der Waals surface area contributed by atoms with Gasteiger partial charge < -0.3 is 0 Å². The lowest BCUT2D eigenvalue weighted by Crippen LogP contribution is -1.94. The summed E-state index contributed by atoms with van der Waals surface area (Å²) < 4.78 is 0. The topological polar surface area (TPSA) is 17.1 Å². The first-order valence-electron chi connectivity index (χ1n) is 3.65. The molecule has 0 saturated heterocycles. The molecular weight excluding hydrogens is 124 g/mol. The van der Waals surface area contributed by atoms with Crippen LogP contribution in [0.25, 0.3) is 0 Å². The van der Waals surface area contributed by atoms with Crippen LogP contribution in [0.2, 0.25) is 0 Å². The molecule has 0 aromatic heterocycles. The van der Waals surface area contributed by atoms with E-state index >= 15 is 0 Å². The first kappa shape index (κ1) is 7.26. The zero-order valence-electron chi connectivity index (χ0n) is 6.26. The van der Waals surface area contributed by atoms with Crippen LogP contribution in [0, 0.1) is 0 Å². The van der Waals surface area contributed by atoms with E-state index in [4.69, 9.17) is 0 Å². The van der Waals surface area contributed by atoms with Gasteiger partial charge in [0.1, 0.15) is 0 Å². The summed E-state index contributed by atoms with van der Waals surface area (Å²) in [5.41, 5.74) is 0.991. The molecule has 1 rings (SSSR count). The molecule has 0 aromatic carbocycles. The van der Waals surface area contributed by atoms with Gasteiger partial charge in [-0.2, -0.15) is 0 Å². The van der Waals surface area contributed by atoms with E-state index in [1.807, 2.05) is 6.08 Å². The Balaban J connectivity index is 2.61. The Morgan fingerprint density at radius 3 is 3.00 bits per heavy atom. The number of allylic oxidation sites excluding steroid dienone is 4. The monoisotopic (exact) mass is 136 g/mol. The SMILES string of the molecule is CC(=O)C1=CCC=CCC1. The summed E-state index contributed by atoms with van der Waals surface area (Å²) in [7, 11) is 0. The summed E-state index contributed by atoms with van der Waals surface area (Å²) in [5, 5.41) is 0. The van der Waals surface area contributed by atoms with E-state index in [1.54, 1.807) is 6.92 Å². The molecule has 0 N–H and O–H groups in total. The van der Waals surface area contributed by atoms with E-state index in [1.165, 1.54) is 0 Å². The average Bonchev–Trinajstić information content (AvgIpc) is 2.12. The highest BCUT2D eigenvalue weighted by atomic mass is 16.1. The van der Waals surface area contributed by atoms with Gasteiger partial charge in [0.25, 0.3) is 0 Å². The molecule has 0 unspecified atom stereocenters. The molecule has 0 aliphatic heterocycles. The van der Waals surface area contributed by atoms with E-state index in [0.29, 0.717) is 0 Å². The number of carbonyl (C=O) groups is 1. The van der Waals surface area contributed by atoms with E-state index < -0.39 is 0 Å². The number of hydrogen-bond acceptors (Lipinski definition) is 1. The van der Waals surface area contributed by atoms with Gasteiger partial charge >= 0.3 is 0 Å².